The van der Waals surface area contributed by atoms with E-state index in [2.05, 4.69) is 50.1 Å². The molecule has 0 spiro atoms. The lowest BCUT2D eigenvalue weighted by Gasteiger charge is -2.22. The lowest BCUT2D eigenvalue weighted by atomic mass is 10.1. The minimum atomic E-state index is 0.637. The molecule has 2 nitrogen and oxygen atoms in total. The van der Waals surface area contributed by atoms with Gasteiger partial charge in [-0.25, -0.2) is 0 Å². The summed E-state index contributed by atoms with van der Waals surface area (Å²) in [6.07, 6.45) is 2.30. The van der Waals surface area contributed by atoms with Crippen molar-refractivity contribution in [3.63, 3.8) is 0 Å². The average Bonchev–Trinajstić information content (AvgIpc) is 2.33. The van der Waals surface area contributed by atoms with Gasteiger partial charge in [0.15, 0.2) is 0 Å². The van der Waals surface area contributed by atoms with Crippen molar-refractivity contribution >= 4 is 0 Å². The van der Waals surface area contributed by atoms with Crippen molar-refractivity contribution in [2.75, 3.05) is 26.7 Å². The zero-order chi connectivity index (χ0) is 12.7. The fourth-order valence-corrected chi connectivity index (χ4v) is 2.09. The molecule has 0 aliphatic heterocycles. The van der Waals surface area contributed by atoms with Crippen LogP contribution in [-0.4, -0.2) is 31.6 Å². The van der Waals surface area contributed by atoms with Gasteiger partial charge in [-0.1, -0.05) is 43.2 Å². The van der Waals surface area contributed by atoms with Crippen LogP contribution in [0, 0.1) is 12.8 Å². The Hall–Kier alpha value is -0.860. The van der Waals surface area contributed by atoms with E-state index in [0.29, 0.717) is 5.92 Å². The number of hydrogen-bond acceptors (Lipinski definition) is 2. The molecule has 2 heteroatoms. The number of nitrogens with two attached hydrogens (primary N) is 1. The average molecular weight is 234 g/mol. The summed E-state index contributed by atoms with van der Waals surface area (Å²) in [4.78, 5) is 2.39. The van der Waals surface area contributed by atoms with Gasteiger partial charge in [-0.3, -0.25) is 0 Å². The molecule has 0 aliphatic rings. The standard InChI is InChI=1S/C15H26N2/c1-4-14(11-16)12-17(3)9-8-15-7-5-6-13(2)10-15/h5-7,10,14H,4,8-9,11-12,16H2,1-3H3. The summed E-state index contributed by atoms with van der Waals surface area (Å²) in [5.74, 6) is 0.637. The number of aryl methyl sites for hydroxylation is 1. The Balaban J connectivity index is 2.35. The number of hydrogen-bond donors (Lipinski definition) is 1. The second-order valence-electron chi connectivity index (χ2n) is 5.01. The van der Waals surface area contributed by atoms with Gasteiger partial charge in [0.05, 0.1) is 0 Å². The van der Waals surface area contributed by atoms with E-state index in [1.54, 1.807) is 0 Å². The van der Waals surface area contributed by atoms with Crippen LogP contribution in [0.3, 0.4) is 0 Å². The molecule has 1 unspecified atom stereocenters. The predicted molar refractivity (Wildman–Crippen MR) is 75.2 cm³/mol. The molecule has 0 amide bonds. The molecule has 1 rings (SSSR count). The van der Waals surface area contributed by atoms with Crippen LogP contribution in [-0.2, 0) is 6.42 Å². The van der Waals surface area contributed by atoms with Crippen LogP contribution < -0.4 is 5.73 Å². The molecule has 0 saturated carbocycles. The number of benzene rings is 1. The molecule has 0 heterocycles. The molecule has 0 fully saturated rings. The van der Waals surface area contributed by atoms with Gasteiger partial charge in [0.1, 0.15) is 0 Å². The molecule has 0 bridgehead atoms. The summed E-state index contributed by atoms with van der Waals surface area (Å²) < 4.78 is 0. The fourth-order valence-electron chi connectivity index (χ4n) is 2.09. The smallest absolute Gasteiger partial charge is 0.00189 e. The van der Waals surface area contributed by atoms with E-state index in [1.807, 2.05) is 0 Å². The van der Waals surface area contributed by atoms with E-state index in [9.17, 15) is 0 Å². The van der Waals surface area contributed by atoms with Crippen molar-refractivity contribution in [1.82, 2.24) is 4.90 Å². The van der Waals surface area contributed by atoms with E-state index < -0.39 is 0 Å². The minimum Gasteiger partial charge on any atom is -0.330 e. The molecule has 17 heavy (non-hydrogen) atoms. The van der Waals surface area contributed by atoms with Crippen molar-refractivity contribution in [2.45, 2.75) is 26.7 Å². The third kappa shape index (κ3) is 5.33. The normalized spacial score (nSPS) is 13.0. The SMILES string of the molecule is CCC(CN)CN(C)CCc1cccc(C)c1. The molecule has 1 aromatic rings. The van der Waals surface area contributed by atoms with Gasteiger partial charge in [-0.15, -0.1) is 0 Å². The van der Waals surface area contributed by atoms with Crippen LogP contribution >= 0.6 is 0 Å². The van der Waals surface area contributed by atoms with Gasteiger partial charge in [0.2, 0.25) is 0 Å². The van der Waals surface area contributed by atoms with E-state index in [-0.39, 0.29) is 0 Å². The molecular formula is C15H26N2. The topological polar surface area (TPSA) is 29.3 Å². The van der Waals surface area contributed by atoms with Gasteiger partial charge in [0.25, 0.3) is 0 Å². The van der Waals surface area contributed by atoms with E-state index in [4.69, 9.17) is 5.73 Å². The van der Waals surface area contributed by atoms with Crippen molar-refractivity contribution in [1.29, 1.82) is 0 Å². The van der Waals surface area contributed by atoms with Crippen LogP contribution in [0.2, 0.25) is 0 Å². The Morgan fingerprint density at radius 2 is 2.12 bits per heavy atom. The highest BCUT2D eigenvalue weighted by atomic mass is 15.1. The molecule has 0 radical (unpaired) electrons. The van der Waals surface area contributed by atoms with Crippen molar-refractivity contribution < 1.29 is 0 Å². The first-order valence-electron chi connectivity index (χ1n) is 6.59. The molecular weight excluding hydrogens is 208 g/mol. The van der Waals surface area contributed by atoms with Crippen molar-refractivity contribution in [2.24, 2.45) is 11.7 Å². The molecule has 0 aliphatic carbocycles. The molecule has 1 aromatic carbocycles. The van der Waals surface area contributed by atoms with Gasteiger partial charge >= 0.3 is 0 Å². The summed E-state index contributed by atoms with van der Waals surface area (Å²) in [6.45, 7) is 7.38. The quantitative estimate of drug-likeness (QED) is 0.785. The van der Waals surface area contributed by atoms with E-state index in [1.165, 1.54) is 17.5 Å². The maximum absolute atomic E-state index is 5.73. The molecule has 0 saturated heterocycles. The second kappa shape index (κ2) is 7.46. The van der Waals surface area contributed by atoms with Gasteiger partial charge < -0.3 is 10.6 Å². The first kappa shape index (κ1) is 14.2. The Labute approximate surface area is 106 Å². The third-order valence-corrected chi connectivity index (χ3v) is 3.35. The zero-order valence-electron chi connectivity index (χ0n) is 11.4. The summed E-state index contributed by atoms with van der Waals surface area (Å²) in [5.41, 5.74) is 8.51. The van der Waals surface area contributed by atoms with E-state index >= 15 is 0 Å². The van der Waals surface area contributed by atoms with Crippen LogP contribution in [0.5, 0.6) is 0 Å². The van der Waals surface area contributed by atoms with Gasteiger partial charge in [-0.2, -0.15) is 0 Å². The van der Waals surface area contributed by atoms with Crippen molar-refractivity contribution in [3.05, 3.63) is 35.4 Å². The lowest BCUT2D eigenvalue weighted by Crippen LogP contribution is -2.31. The number of nitrogens with zero attached hydrogens (tertiary/aromatic N) is 1. The molecule has 1 atom stereocenters. The summed E-state index contributed by atoms with van der Waals surface area (Å²) in [7, 11) is 2.19. The maximum Gasteiger partial charge on any atom is 0.00189 e. The second-order valence-corrected chi connectivity index (χ2v) is 5.01. The first-order chi connectivity index (χ1) is 8.15. The fraction of sp³-hybridized carbons (Fsp3) is 0.600. The first-order valence-corrected chi connectivity index (χ1v) is 6.59. The van der Waals surface area contributed by atoms with Gasteiger partial charge in [-0.05, 0) is 38.4 Å². The summed E-state index contributed by atoms with van der Waals surface area (Å²) in [5, 5.41) is 0. The maximum atomic E-state index is 5.73. The number of likely N-dealkylation sites (N-methyl/N-ethyl adjacent to an activating group) is 1. The predicted octanol–water partition coefficient (Wildman–Crippen LogP) is 2.45. The van der Waals surface area contributed by atoms with Crippen LogP contribution in [0.15, 0.2) is 24.3 Å². The Morgan fingerprint density at radius 1 is 1.35 bits per heavy atom. The largest absolute Gasteiger partial charge is 0.330 e. The molecule has 2 N–H and O–H groups in total. The highest BCUT2D eigenvalue weighted by Gasteiger charge is 2.07. The lowest BCUT2D eigenvalue weighted by molar-refractivity contribution is 0.277. The van der Waals surface area contributed by atoms with Crippen LogP contribution in [0.4, 0.5) is 0 Å². The summed E-state index contributed by atoms with van der Waals surface area (Å²) >= 11 is 0. The van der Waals surface area contributed by atoms with E-state index in [0.717, 1.165) is 26.1 Å². The molecule has 96 valence electrons. The van der Waals surface area contributed by atoms with Crippen LogP contribution in [0.25, 0.3) is 0 Å². The highest BCUT2D eigenvalue weighted by Crippen LogP contribution is 2.07. The van der Waals surface area contributed by atoms with Gasteiger partial charge in [0, 0.05) is 13.1 Å². The highest BCUT2D eigenvalue weighted by molar-refractivity contribution is 5.22. The number of rotatable bonds is 7. The van der Waals surface area contributed by atoms with Crippen LogP contribution in [0.1, 0.15) is 24.5 Å². The Morgan fingerprint density at radius 3 is 2.71 bits per heavy atom. The van der Waals surface area contributed by atoms with Crippen molar-refractivity contribution in [3.8, 4) is 0 Å². The minimum absolute atomic E-state index is 0.637. The zero-order valence-corrected chi connectivity index (χ0v) is 11.4. The Kier molecular flexibility index (Phi) is 6.23. The molecule has 0 aromatic heterocycles. The summed E-state index contributed by atoms with van der Waals surface area (Å²) in [6, 6.07) is 8.77. The monoisotopic (exact) mass is 234 g/mol. The Bertz CT molecular complexity index is 318. The third-order valence-electron chi connectivity index (χ3n) is 3.35.